The second kappa shape index (κ2) is 17.4. The van der Waals surface area contributed by atoms with Gasteiger partial charge < -0.3 is 19.5 Å². The number of rotatable bonds is 10. The third-order valence-corrected chi connectivity index (χ3v) is 6.29. The molecule has 0 saturated carbocycles. The van der Waals surface area contributed by atoms with Gasteiger partial charge in [0.05, 0.1) is 13.2 Å². The molecule has 4 aromatic rings. The Morgan fingerprint density at radius 2 is 1.40 bits per heavy atom. The van der Waals surface area contributed by atoms with Gasteiger partial charge in [-0.25, -0.2) is 13.6 Å². The normalized spacial score (nSPS) is 13.7. The van der Waals surface area contributed by atoms with Crippen LogP contribution in [0.4, 0.5) is 25.0 Å². The molecule has 0 radical (unpaired) electrons. The van der Waals surface area contributed by atoms with Crippen LogP contribution in [-0.2, 0) is 11.3 Å². The summed E-state index contributed by atoms with van der Waals surface area (Å²) in [5, 5.41) is 9.26. The third kappa shape index (κ3) is 10.2. The maximum atomic E-state index is 13.1. The topological polar surface area (TPSA) is 62.2 Å². The molecule has 1 N–H and O–H groups in total. The number of ether oxygens (including phenoxy) is 2. The highest BCUT2D eigenvalue weighted by Gasteiger charge is 2.32. The predicted molar refractivity (Wildman–Crippen MR) is 163 cm³/mol. The monoisotopic (exact) mass is 576 g/mol. The largest absolute Gasteiger partial charge is 0.489 e. The lowest BCUT2D eigenvalue weighted by atomic mass is 10.2. The van der Waals surface area contributed by atoms with Crippen molar-refractivity contribution in [1.82, 2.24) is 0 Å². The standard InChI is InChI=1S/C19H20F2N2O3.C13H12O.C2H6/c20-14-1-5-16(6-2-14)22(11-12-24)10-9-18-13-23(19(25)26-18)17-7-3-15(21)4-8-17;1-3-7-12(8-4-1)11-14-13-9-5-2-6-10-13;1-2/h1-8,18,24H,9-13H2;1-10H,11H2;1-2H3. The molecule has 1 heterocycles. The zero-order valence-corrected chi connectivity index (χ0v) is 24.0. The second-order valence-electron chi connectivity index (χ2n) is 9.16. The van der Waals surface area contributed by atoms with Crippen molar-refractivity contribution in [1.29, 1.82) is 0 Å². The van der Waals surface area contributed by atoms with Gasteiger partial charge in [-0.1, -0.05) is 62.4 Å². The van der Waals surface area contributed by atoms with Gasteiger partial charge in [-0.15, -0.1) is 0 Å². The fraction of sp³-hybridized carbons (Fsp3) is 0.265. The maximum absolute atomic E-state index is 13.1. The molecule has 6 nitrogen and oxygen atoms in total. The van der Waals surface area contributed by atoms with Gasteiger partial charge in [0.25, 0.3) is 0 Å². The van der Waals surface area contributed by atoms with Crippen molar-refractivity contribution in [3.05, 3.63) is 126 Å². The Bertz CT molecular complexity index is 1270. The number of hydrogen-bond donors (Lipinski definition) is 1. The molecule has 8 heteroatoms. The van der Waals surface area contributed by atoms with E-state index < -0.39 is 6.09 Å². The van der Waals surface area contributed by atoms with E-state index in [-0.39, 0.29) is 24.3 Å². The number of amides is 1. The highest BCUT2D eigenvalue weighted by molar-refractivity contribution is 5.89. The van der Waals surface area contributed by atoms with Crippen LogP contribution >= 0.6 is 0 Å². The molecule has 222 valence electrons. The summed E-state index contributed by atoms with van der Waals surface area (Å²) >= 11 is 0. The molecule has 0 spiro atoms. The first-order valence-corrected chi connectivity index (χ1v) is 14.1. The number of nitrogens with zero attached hydrogens (tertiary/aromatic N) is 2. The maximum Gasteiger partial charge on any atom is 0.414 e. The lowest BCUT2D eigenvalue weighted by Gasteiger charge is -2.25. The number of anilines is 2. The fourth-order valence-electron chi connectivity index (χ4n) is 4.20. The number of para-hydroxylation sites is 1. The van der Waals surface area contributed by atoms with Crippen molar-refractivity contribution in [3.63, 3.8) is 0 Å². The number of benzene rings is 4. The first-order valence-electron chi connectivity index (χ1n) is 14.1. The van der Waals surface area contributed by atoms with E-state index in [0.29, 0.717) is 38.3 Å². The van der Waals surface area contributed by atoms with Crippen molar-refractivity contribution in [2.45, 2.75) is 33.0 Å². The Kier molecular flexibility index (Phi) is 13.3. The molecule has 0 aliphatic carbocycles. The van der Waals surface area contributed by atoms with Crippen LogP contribution in [0.25, 0.3) is 0 Å². The van der Waals surface area contributed by atoms with E-state index in [4.69, 9.17) is 9.47 Å². The van der Waals surface area contributed by atoms with Gasteiger partial charge in [-0.3, -0.25) is 4.90 Å². The van der Waals surface area contributed by atoms with Crippen LogP contribution in [0.5, 0.6) is 5.75 Å². The van der Waals surface area contributed by atoms with E-state index >= 15 is 0 Å². The second-order valence-corrected chi connectivity index (χ2v) is 9.16. The summed E-state index contributed by atoms with van der Waals surface area (Å²) < 4.78 is 37.1. The van der Waals surface area contributed by atoms with Crippen molar-refractivity contribution < 1.29 is 28.2 Å². The van der Waals surface area contributed by atoms with Crippen molar-refractivity contribution in [3.8, 4) is 5.75 Å². The number of carbonyl (C=O) groups is 1. The molecule has 1 aliphatic rings. The molecule has 0 bridgehead atoms. The number of aliphatic hydroxyl groups is 1. The van der Waals surface area contributed by atoms with E-state index in [9.17, 15) is 18.7 Å². The summed E-state index contributed by atoms with van der Waals surface area (Å²) in [5.74, 6) is 0.227. The SMILES string of the molecule is CC.O=C1OC(CCN(CCO)c2ccc(F)cc2)CN1c1ccc(F)cc1.c1ccc(COc2ccccc2)cc1. The minimum atomic E-state index is -0.461. The number of halogens is 2. The van der Waals surface area contributed by atoms with Gasteiger partial charge in [0.15, 0.2) is 0 Å². The van der Waals surface area contributed by atoms with Crippen LogP contribution in [0.3, 0.4) is 0 Å². The molecule has 1 aliphatic heterocycles. The van der Waals surface area contributed by atoms with Crippen LogP contribution in [0.2, 0.25) is 0 Å². The first kappa shape index (κ1) is 32.1. The smallest absolute Gasteiger partial charge is 0.414 e. The van der Waals surface area contributed by atoms with E-state index in [2.05, 4.69) is 12.1 Å². The molecule has 1 fully saturated rings. The summed E-state index contributed by atoms with van der Waals surface area (Å²) in [7, 11) is 0. The third-order valence-electron chi connectivity index (χ3n) is 6.29. The summed E-state index contributed by atoms with van der Waals surface area (Å²) in [5.41, 5.74) is 2.57. The Labute approximate surface area is 246 Å². The Morgan fingerprint density at radius 3 is 2.00 bits per heavy atom. The Balaban J connectivity index is 0.000000254. The molecule has 1 amide bonds. The summed E-state index contributed by atoms with van der Waals surface area (Å²) in [6, 6.07) is 31.7. The van der Waals surface area contributed by atoms with Crippen LogP contribution in [0, 0.1) is 11.6 Å². The van der Waals surface area contributed by atoms with Gasteiger partial charge >= 0.3 is 6.09 Å². The fourth-order valence-corrected chi connectivity index (χ4v) is 4.20. The molecule has 1 unspecified atom stereocenters. The predicted octanol–water partition coefficient (Wildman–Crippen LogP) is 7.47. The molecule has 5 rings (SSSR count). The number of aliphatic hydroxyl groups excluding tert-OH is 1. The minimum absolute atomic E-state index is 0.0382. The molecule has 42 heavy (non-hydrogen) atoms. The van der Waals surface area contributed by atoms with E-state index in [0.717, 1.165) is 11.4 Å². The Hall–Kier alpha value is -4.43. The van der Waals surface area contributed by atoms with E-state index in [1.807, 2.05) is 67.3 Å². The van der Waals surface area contributed by atoms with Gasteiger partial charge in [0.1, 0.15) is 30.1 Å². The van der Waals surface area contributed by atoms with Gasteiger partial charge in [0.2, 0.25) is 0 Å². The van der Waals surface area contributed by atoms with Crippen molar-refractivity contribution in [2.24, 2.45) is 0 Å². The lowest BCUT2D eigenvalue weighted by Crippen LogP contribution is -2.31. The minimum Gasteiger partial charge on any atom is -0.489 e. The van der Waals surface area contributed by atoms with Gasteiger partial charge in [0, 0.05) is 30.9 Å². The van der Waals surface area contributed by atoms with Gasteiger partial charge in [-0.05, 0) is 66.2 Å². The molecular formula is C34H38F2N2O4. The highest BCUT2D eigenvalue weighted by atomic mass is 19.1. The van der Waals surface area contributed by atoms with Crippen LogP contribution in [0.1, 0.15) is 25.8 Å². The van der Waals surface area contributed by atoms with Gasteiger partial charge in [-0.2, -0.15) is 0 Å². The summed E-state index contributed by atoms with van der Waals surface area (Å²) in [6.45, 7) is 5.91. The molecule has 1 atom stereocenters. The molecule has 0 aromatic heterocycles. The van der Waals surface area contributed by atoms with Crippen LogP contribution < -0.4 is 14.5 Å². The van der Waals surface area contributed by atoms with Crippen LogP contribution in [-0.4, -0.2) is 43.5 Å². The number of cyclic esters (lactones) is 1. The number of carbonyl (C=O) groups excluding carboxylic acids is 1. The van der Waals surface area contributed by atoms with Crippen molar-refractivity contribution >= 4 is 17.5 Å². The Morgan fingerprint density at radius 1 is 0.833 bits per heavy atom. The molecule has 4 aromatic carbocycles. The summed E-state index contributed by atoms with van der Waals surface area (Å²) in [6.07, 6.45) is -0.216. The molecule has 1 saturated heterocycles. The lowest BCUT2D eigenvalue weighted by molar-refractivity contribution is 0.137. The average molecular weight is 577 g/mol. The van der Waals surface area contributed by atoms with E-state index in [1.54, 1.807) is 12.1 Å². The number of hydrogen-bond acceptors (Lipinski definition) is 5. The van der Waals surface area contributed by atoms with E-state index in [1.165, 1.54) is 46.9 Å². The average Bonchev–Trinajstić information content (AvgIpc) is 3.41. The zero-order chi connectivity index (χ0) is 30.2. The first-order chi connectivity index (χ1) is 20.5. The van der Waals surface area contributed by atoms with Crippen molar-refractivity contribution in [2.75, 3.05) is 36.0 Å². The summed E-state index contributed by atoms with van der Waals surface area (Å²) in [4.78, 5) is 15.4. The van der Waals surface area contributed by atoms with Crippen LogP contribution in [0.15, 0.2) is 109 Å². The zero-order valence-electron chi connectivity index (χ0n) is 24.0. The quantitative estimate of drug-likeness (QED) is 0.212. The highest BCUT2D eigenvalue weighted by Crippen LogP contribution is 2.24. The molecular weight excluding hydrogens is 538 g/mol.